The molecule has 1 N–H and O–H groups in total. The standard InChI is InChI=1S/C14H16BrN3O2/c1-10(9-16)17-4-6-18(7-5-17)14(20)11-2-3-12(15)13(19)8-11/h2-3,8,10,19H,4-7H2,1H3. The molecule has 1 unspecified atom stereocenters. The lowest BCUT2D eigenvalue weighted by Crippen LogP contribution is -2.51. The van der Waals surface area contributed by atoms with Crippen molar-refractivity contribution in [2.24, 2.45) is 0 Å². The van der Waals surface area contributed by atoms with E-state index in [0.29, 0.717) is 36.2 Å². The van der Waals surface area contributed by atoms with E-state index >= 15 is 0 Å². The van der Waals surface area contributed by atoms with Crippen LogP contribution in [0.2, 0.25) is 0 Å². The van der Waals surface area contributed by atoms with Crippen LogP contribution in [0.4, 0.5) is 0 Å². The summed E-state index contributed by atoms with van der Waals surface area (Å²) >= 11 is 3.19. The van der Waals surface area contributed by atoms with Crippen LogP contribution in [0.15, 0.2) is 22.7 Å². The zero-order valence-corrected chi connectivity index (χ0v) is 12.8. The first-order valence-electron chi connectivity index (χ1n) is 6.44. The van der Waals surface area contributed by atoms with Crippen molar-refractivity contribution in [3.63, 3.8) is 0 Å². The smallest absolute Gasteiger partial charge is 0.254 e. The highest BCUT2D eigenvalue weighted by atomic mass is 79.9. The summed E-state index contributed by atoms with van der Waals surface area (Å²) in [5, 5.41) is 18.5. The second kappa shape index (κ2) is 6.25. The Bertz CT molecular complexity index is 548. The molecule has 0 aliphatic carbocycles. The van der Waals surface area contributed by atoms with Gasteiger partial charge in [-0.1, -0.05) is 0 Å². The van der Waals surface area contributed by atoms with Gasteiger partial charge in [-0.05, 0) is 41.1 Å². The van der Waals surface area contributed by atoms with Gasteiger partial charge in [0.25, 0.3) is 5.91 Å². The quantitative estimate of drug-likeness (QED) is 0.893. The lowest BCUT2D eigenvalue weighted by atomic mass is 10.1. The van der Waals surface area contributed by atoms with E-state index in [1.165, 1.54) is 6.07 Å². The third kappa shape index (κ3) is 3.11. The van der Waals surface area contributed by atoms with Gasteiger partial charge in [-0.2, -0.15) is 5.26 Å². The van der Waals surface area contributed by atoms with Gasteiger partial charge in [0, 0.05) is 31.7 Å². The van der Waals surface area contributed by atoms with Crippen molar-refractivity contribution in [2.75, 3.05) is 26.2 Å². The van der Waals surface area contributed by atoms with Crippen LogP contribution in [0.1, 0.15) is 17.3 Å². The van der Waals surface area contributed by atoms with Gasteiger partial charge in [0.1, 0.15) is 5.75 Å². The minimum Gasteiger partial charge on any atom is -0.507 e. The van der Waals surface area contributed by atoms with Crippen LogP contribution in [-0.2, 0) is 0 Å². The molecule has 5 nitrogen and oxygen atoms in total. The summed E-state index contributed by atoms with van der Waals surface area (Å²) < 4.78 is 0.571. The zero-order valence-electron chi connectivity index (χ0n) is 11.2. The Balaban J connectivity index is 2.01. The fourth-order valence-corrected chi connectivity index (χ4v) is 2.47. The Hall–Kier alpha value is -1.58. The summed E-state index contributed by atoms with van der Waals surface area (Å²) in [5.41, 5.74) is 0.479. The average molecular weight is 338 g/mol. The predicted molar refractivity (Wildman–Crippen MR) is 78.4 cm³/mol. The highest BCUT2D eigenvalue weighted by molar-refractivity contribution is 9.10. The third-order valence-corrected chi connectivity index (χ3v) is 4.20. The molecule has 1 aliphatic heterocycles. The molecule has 0 saturated carbocycles. The molecule has 1 aromatic rings. The second-order valence-electron chi connectivity index (χ2n) is 4.80. The summed E-state index contributed by atoms with van der Waals surface area (Å²) in [7, 11) is 0. The minimum absolute atomic E-state index is 0.0626. The molecule has 106 valence electrons. The molecule has 1 aliphatic rings. The van der Waals surface area contributed by atoms with Crippen molar-refractivity contribution in [3.05, 3.63) is 28.2 Å². The van der Waals surface area contributed by atoms with Gasteiger partial charge >= 0.3 is 0 Å². The number of aromatic hydroxyl groups is 1. The van der Waals surface area contributed by atoms with Crippen LogP contribution in [0.3, 0.4) is 0 Å². The molecule has 0 bridgehead atoms. The molecular weight excluding hydrogens is 322 g/mol. The molecule has 1 amide bonds. The number of piperazine rings is 1. The van der Waals surface area contributed by atoms with E-state index in [0.717, 1.165) is 0 Å². The van der Waals surface area contributed by atoms with Crippen molar-refractivity contribution < 1.29 is 9.90 Å². The summed E-state index contributed by atoms with van der Waals surface area (Å²) in [4.78, 5) is 16.1. The van der Waals surface area contributed by atoms with Crippen molar-refractivity contribution in [3.8, 4) is 11.8 Å². The predicted octanol–water partition coefficient (Wildman–Crippen LogP) is 1.82. The Morgan fingerprint density at radius 2 is 2.05 bits per heavy atom. The van der Waals surface area contributed by atoms with Crippen LogP contribution < -0.4 is 0 Å². The largest absolute Gasteiger partial charge is 0.507 e. The minimum atomic E-state index is -0.121. The molecule has 0 radical (unpaired) electrons. The van der Waals surface area contributed by atoms with Gasteiger partial charge in [-0.15, -0.1) is 0 Å². The highest BCUT2D eigenvalue weighted by Crippen LogP contribution is 2.25. The lowest BCUT2D eigenvalue weighted by molar-refractivity contribution is 0.0615. The van der Waals surface area contributed by atoms with Gasteiger partial charge < -0.3 is 10.0 Å². The number of benzene rings is 1. The number of hydrogen-bond donors (Lipinski definition) is 1. The number of carbonyl (C=O) groups is 1. The number of amides is 1. The fourth-order valence-electron chi connectivity index (χ4n) is 2.22. The van der Waals surface area contributed by atoms with Crippen molar-refractivity contribution in [1.82, 2.24) is 9.80 Å². The highest BCUT2D eigenvalue weighted by Gasteiger charge is 2.24. The molecule has 1 aromatic carbocycles. The van der Waals surface area contributed by atoms with Gasteiger partial charge in [-0.25, -0.2) is 0 Å². The van der Waals surface area contributed by atoms with E-state index in [1.54, 1.807) is 17.0 Å². The number of nitriles is 1. The Morgan fingerprint density at radius 1 is 1.40 bits per heavy atom. The number of carbonyl (C=O) groups excluding carboxylic acids is 1. The molecule has 1 heterocycles. The first kappa shape index (κ1) is 14.8. The summed E-state index contributed by atoms with van der Waals surface area (Å²) in [6, 6.07) is 6.91. The topological polar surface area (TPSA) is 67.6 Å². The van der Waals surface area contributed by atoms with Gasteiger partial charge in [0.05, 0.1) is 16.6 Å². The summed E-state index contributed by atoms with van der Waals surface area (Å²) in [6.45, 7) is 4.46. The lowest BCUT2D eigenvalue weighted by Gasteiger charge is -2.35. The Morgan fingerprint density at radius 3 is 2.60 bits per heavy atom. The van der Waals surface area contributed by atoms with Gasteiger partial charge in [0.2, 0.25) is 0 Å². The van der Waals surface area contributed by atoms with E-state index in [1.807, 2.05) is 6.92 Å². The Labute approximate surface area is 126 Å². The maximum atomic E-state index is 12.3. The first-order valence-corrected chi connectivity index (χ1v) is 7.23. The zero-order chi connectivity index (χ0) is 14.7. The summed E-state index contributed by atoms with van der Waals surface area (Å²) in [5.74, 6) is -0.0235. The van der Waals surface area contributed by atoms with Crippen LogP contribution in [0.25, 0.3) is 0 Å². The maximum absolute atomic E-state index is 12.3. The molecule has 1 saturated heterocycles. The molecule has 6 heteroatoms. The maximum Gasteiger partial charge on any atom is 0.254 e. The monoisotopic (exact) mass is 337 g/mol. The number of nitrogens with zero attached hydrogens (tertiary/aromatic N) is 3. The van der Waals surface area contributed by atoms with E-state index < -0.39 is 0 Å². The van der Waals surface area contributed by atoms with Crippen LogP contribution in [-0.4, -0.2) is 53.0 Å². The Kier molecular flexibility index (Phi) is 4.63. The molecular formula is C14H16BrN3O2. The van der Waals surface area contributed by atoms with Gasteiger partial charge in [-0.3, -0.25) is 9.69 Å². The molecule has 0 aromatic heterocycles. The average Bonchev–Trinajstić information content (AvgIpc) is 2.48. The van der Waals surface area contributed by atoms with E-state index in [4.69, 9.17) is 5.26 Å². The van der Waals surface area contributed by atoms with Crippen molar-refractivity contribution >= 4 is 21.8 Å². The number of phenolic OH excluding ortho intramolecular Hbond substituents is 1. The van der Waals surface area contributed by atoms with Crippen molar-refractivity contribution in [1.29, 1.82) is 5.26 Å². The normalized spacial score (nSPS) is 17.6. The van der Waals surface area contributed by atoms with Crippen LogP contribution in [0.5, 0.6) is 5.75 Å². The summed E-state index contributed by atoms with van der Waals surface area (Å²) in [6.07, 6.45) is 0. The van der Waals surface area contributed by atoms with Crippen LogP contribution in [0, 0.1) is 11.3 Å². The molecule has 2 rings (SSSR count). The SMILES string of the molecule is CC(C#N)N1CCN(C(=O)c2ccc(Br)c(O)c2)CC1. The number of halogens is 1. The third-order valence-electron chi connectivity index (χ3n) is 3.53. The number of rotatable bonds is 2. The first-order chi connectivity index (χ1) is 9.52. The fraction of sp³-hybridized carbons (Fsp3) is 0.429. The number of hydrogen-bond acceptors (Lipinski definition) is 4. The van der Waals surface area contributed by atoms with E-state index in [9.17, 15) is 9.90 Å². The van der Waals surface area contributed by atoms with Crippen molar-refractivity contribution in [2.45, 2.75) is 13.0 Å². The molecule has 0 spiro atoms. The molecule has 20 heavy (non-hydrogen) atoms. The van der Waals surface area contributed by atoms with Gasteiger partial charge in [0.15, 0.2) is 0 Å². The second-order valence-corrected chi connectivity index (χ2v) is 5.65. The molecule has 1 fully saturated rings. The van der Waals surface area contributed by atoms with E-state index in [2.05, 4.69) is 26.9 Å². The van der Waals surface area contributed by atoms with E-state index in [-0.39, 0.29) is 17.7 Å². The molecule has 1 atom stereocenters. The number of phenols is 1. The van der Waals surface area contributed by atoms with Crippen LogP contribution >= 0.6 is 15.9 Å².